The van der Waals surface area contributed by atoms with Crippen LogP contribution in [0.1, 0.15) is 5.56 Å². The molecule has 0 aliphatic rings. The quantitative estimate of drug-likeness (QED) is 0.493. The Morgan fingerprint density at radius 3 is 2.82 bits per heavy atom. The molecule has 1 rings (SSSR count). The molecule has 0 aromatic heterocycles. The number of benzene rings is 1. The average molecular weight is 254 g/mol. The molecule has 1 aromatic rings. The van der Waals surface area contributed by atoms with Crippen molar-refractivity contribution in [2.45, 2.75) is 0 Å². The van der Waals surface area contributed by atoms with Crippen LogP contribution in [-0.4, -0.2) is 25.9 Å². The van der Waals surface area contributed by atoms with Crippen molar-refractivity contribution in [3.05, 3.63) is 17.7 Å². The summed E-state index contributed by atoms with van der Waals surface area (Å²) < 4.78 is 10.5. The molecule has 0 saturated carbocycles. The van der Waals surface area contributed by atoms with E-state index in [1.165, 1.54) is 7.11 Å². The van der Waals surface area contributed by atoms with Crippen molar-refractivity contribution in [1.29, 1.82) is 5.26 Å². The maximum absolute atomic E-state index is 8.95. The second kappa shape index (κ2) is 6.61. The first kappa shape index (κ1) is 13.1. The van der Waals surface area contributed by atoms with Crippen LogP contribution in [-0.2, 0) is 0 Å². The fourth-order valence-electron chi connectivity index (χ4n) is 1.25. The van der Waals surface area contributed by atoms with E-state index in [9.17, 15) is 0 Å². The molecule has 1 aromatic carbocycles. The SMILES string of the molecule is COc1cc(C#N)c(/N=C/N)cc1OCCCl. The van der Waals surface area contributed by atoms with Gasteiger partial charge in [-0.25, -0.2) is 4.99 Å². The number of nitrogens with two attached hydrogens (primary N) is 1. The smallest absolute Gasteiger partial charge is 0.163 e. The molecule has 5 nitrogen and oxygen atoms in total. The lowest BCUT2D eigenvalue weighted by atomic mass is 10.1. The van der Waals surface area contributed by atoms with E-state index in [1.807, 2.05) is 6.07 Å². The number of halogens is 1. The lowest BCUT2D eigenvalue weighted by molar-refractivity contribution is 0.313. The Morgan fingerprint density at radius 2 is 2.29 bits per heavy atom. The van der Waals surface area contributed by atoms with Crippen molar-refractivity contribution in [2.24, 2.45) is 10.7 Å². The standard InChI is InChI=1S/C11H12ClN3O2/c1-16-10-4-8(6-13)9(15-7-14)5-11(10)17-3-2-12/h4-5,7H,2-3H2,1H3,(H2,14,15). The minimum Gasteiger partial charge on any atom is -0.493 e. The Balaban J connectivity index is 3.19. The Labute approximate surface area is 104 Å². The van der Waals surface area contributed by atoms with E-state index >= 15 is 0 Å². The van der Waals surface area contributed by atoms with Crippen molar-refractivity contribution < 1.29 is 9.47 Å². The molecule has 0 spiro atoms. The highest BCUT2D eigenvalue weighted by Gasteiger charge is 2.10. The molecule has 0 bridgehead atoms. The molecular weight excluding hydrogens is 242 g/mol. The minimum atomic E-state index is 0.343. The van der Waals surface area contributed by atoms with Gasteiger partial charge in [-0.3, -0.25) is 0 Å². The first-order chi connectivity index (χ1) is 8.26. The number of hydrogen-bond acceptors (Lipinski definition) is 4. The number of nitrogens with zero attached hydrogens (tertiary/aromatic N) is 2. The second-order valence-corrected chi connectivity index (χ2v) is 3.33. The van der Waals surface area contributed by atoms with Gasteiger partial charge in [0.25, 0.3) is 0 Å². The fraction of sp³-hybridized carbons (Fsp3) is 0.273. The van der Waals surface area contributed by atoms with Gasteiger partial charge < -0.3 is 15.2 Å². The average Bonchev–Trinajstić information content (AvgIpc) is 2.36. The van der Waals surface area contributed by atoms with E-state index in [0.29, 0.717) is 35.2 Å². The van der Waals surface area contributed by atoms with Crippen molar-refractivity contribution in [2.75, 3.05) is 19.6 Å². The molecular formula is C11H12ClN3O2. The van der Waals surface area contributed by atoms with Gasteiger partial charge in [-0.2, -0.15) is 5.26 Å². The van der Waals surface area contributed by atoms with Gasteiger partial charge in [-0.1, -0.05) is 0 Å². The maximum atomic E-state index is 8.95. The molecule has 6 heteroatoms. The molecule has 0 fully saturated rings. The van der Waals surface area contributed by atoms with Crippen LogP contribution in [0.15, 0.2) is 17.1 Å². The molecule has 17 heavy (non-hydrogen) atoms. The van der Waals surface area contributed by atoms with Crippen LogP contribution in [0.3, 0.4) is 0 Å². The van der Waals surface area contributed by atoms with E-state index in [4.69, 9.17) is 32.1 Å². The zero-order valence-corrected chi connectivity index (χ0v) is 10.1. The molecule has 0 aliphatic carbocycles. The first-order valence-corrected chi connectivity index (χ1v) is 5.35. The Morgan fingerprint density at radius 1 is 1.53 bits per heavy atom. The van der Waals surface area contributed by atoms with Gasteiger partial charge >= 0.3 is 0 Å². The van der Waals surface area contributed by atoms with Gasteiger partial charge in [0.05, 0.1) is 30.6 Å². The highest BCUT2D eigenvalue weighted by molar-refractivity contribution is 6.18. The Hall–Kier alpha value is -1.93. The van der Waals surface area contributed by atoms with Gasteiger partial charge in [-0.15, -0.1) is 11.6 Å². The largest absolute Gasteiger partial charge is 0.493 e. The number of nitriles is 1. The summed E-state index contributed by atoms with van der Waals surface area (Å²) in [4.78, 5) is 3.88. The second-order valence-electron chi connectivity index (χ2n) is 2.95. The Bertz CT molecular complexity index is 455. The lowest BCUT2D eigenvalue weighted by Crippen LogP contribution is -2.00. The van der Waals surface area contributed by atoms with Crippen LogP contribution < -0.4 is 15.2 Å². The van der Waals surface area contributed by atoms with Crippen molar-refractivity contribution >= 4 is 23.6 Å². The molecule has 0 unspecified atom stereocenters. The summed E-state index contributed by atoms with van der Waals surface area (Å²) in [6, 6.07) is 5.15. The summed E-state index contributed by atoms with van der Waals surface area (Å²) in [7, 11) is 1.50. The number of aliphatic imine (C=N–C) groups is 1. The predicted molar refractivity (Wildman–Crippen MR) is 66.3 cm³/mol. The van der Waals surface area contributed by atoms with Crippen LogP contribution in [0.5, 0.6) is 11.5 Å². The maximum Gasteiger partial charge on any atom is 0.163 e. The van der Waals surface area contributed by atoms with Gasteiger partial charge in [0.2, 0.25) is 0 Å². The summed E-state index contributed by atoms with van der Waals surface area (Å²) in [6.07, 6.45) is 1.12. The predicted octanol–water partition coefficient (Wildman–Crippen LogP) is 1.80. The zero-order chi connectivity index (χ0) is 12.7. The summed E-state index contributed by atoms with van der Waals surface area (Å²) in [5.74, 6) is 1.30. The van der Waals surface area contributed by atoms with Crippen molar-refractivity contribution in [3.63, 3.8) is 0 Å². The van der Waals surface area contributed by atoms with Crippen LogP contribution in [0.2, 0.25) is 0 Å². The normalized spacial score (nSPS) is 10.2. The number of hydrogen-bond donors (Lipinski definition) is 1. The number of methoxy groups -OCH3 is 1. The van der Waals surface area contributed by atoms with E-state index < -0.39 is 0 Å². The van der Waals surface area contributed by atoms with Crippen LogP contribution >= 0.6 is 11.6 Å². The summed E-state index contributed by atoms with van der Waals surface area (Å²) in [6.45, 7) is 0.343. The molecule has 0 amide bonds. The summed E-state index contributed by atoms with van der Waals surface area (Å²) >= 11 is 5.54. The summed E-state index contributed by atoms with van der Waals surface area (Å²) in [5.41, 5.74) is 6.00. The molecule has 0 radical (unpaired) electrons. The van der Waals surface area contributed by atoms with Gasteiger partial charge in [-0.05, 0) is 0 Å². The van der Waals surface area contributed by atoms with Crippen LogP contribution in [0, 0.1) is 11.3 Å². The van der Waals surface area contributed by atoms with E-state index in [0.717, 1.165) is 6.34 Å². The minimum absolute atomic E-state index is 0.343. The third-order valence-corrected chi connectivity index (χ3v) is 2.11. The lowest BCUT2D eigenvalue weighted by Gasteiger charge is -2.11. The highest BCUT2D eigenvalue weighted by atomic mass is 35.5. The number of rotatable bonds is 5. The third-order valence-electron chi connectivity index (χ3n) is 1.95. The Kier molecular flexibility index (Phi) is 5.11. The third kappa shape index (κ3) is 3.26. The fourth-order valence-corrected chi connectivity index (χ4v) is 1.32. The molecule has 0 atom stereocenters. The first-order valence-electron chi connectivity index (χ1n) is 4.82. The summed E-state index contributed by atoms with van der Waals surface area (Å²) in [5, 5.41) is 8.95. The van der Waals surface area contributed by atoms with Gasteiger partial charge in [0.15, 0.2) is 11.5 Å². The van der Waals surface area contributed by atoms with Crippen molar-refractivity contribution in [1.82, 2.24) is 0 Å². The van der Waals surface area contributed by atoms with Crippen molar-refractivity contribution in [3.8, 4) is 17.6 Å². The monoisotopic (exact) mass is 253 g/mol. The molecule has 0 saturated heterocycles. The van der Waals surface area contributed by atoms with Crippen LogP contribution in [0.4, 0.5) is 5.69 Å². The molecule has 2 N–H and O–H groups in total. The van der Waals surface area contributed by atoms with E-state index in [1.54, 1.807) is 12.1 Å². The molecule has 90 valence electrons. The van der Waals surface area contributed by atoms with E-state index in [2.05, 4.69) is 4.99 Å². The molecule has 0 heterocycles. The number of ether oxygens (including phenoxy) is 2. The molecule has 0 aliphatic heterocycles. The van der Waals surface area contributed by atoms with Gasteiger partial charge in [0, 0.05) is 12.1 Å². The number of alkyl halides is 1. The van der Waals surface area contributed by atoms with Crippen LogP contribution in [0.25, 0.3) is 0 Å². The topological polar surface area (TPSA) is 80.6 Å². The zero-order valence-electron chi connectivity index (χ0n) is 9.31. The van der Waals surface area contributed by atoms with Gasteiger partial charge in [0.1, 0.15) is 12.7 Å². The highest BCUT2D eigenvalue weighted by Crippen LogP contribution is 2.34. The van der Waals surface area contributed by atoms with E-state index in [-0.39, 0.29) is 0 Å².